The van der Waals surface area contributed by atoms with Crippen molar-refractivity contribution in [3.05, 3.63) is 29.3 Å². The van der Waals surface area contributed by atoms with Gasteiger partial charge in [0, 0.05) is 19.1 Å². The molecule has 1 aliphatic carbocycles. The molecule has 1 heterocycles. The second-order valence-corrected chi connectivity index (χ2v) is 7.71. The van der Waals surface area contributed by atoms with Gasteiger partial charge < -0.3 is 5.32 Å². The van der Waals surface area contributed by atoms with Crippen LogP contribution in [0.3, 0.4) is 0 Å². The fourth-order valence-electron chi connectivity index (χ4n) is 3.25. The molecule has 0 bridgehead atoms. The minimum absolute atomic E-state index is 0.271. The Morgan fingerprint density at radius 2 is 2.00 bits per heavy atom. The molecule has 1 aromatic rings. The van der Waals surface area contributed by atoms with Crippen LogP contribution in [-0.2, 0) is 22.9 Å². The summed E-state index contributed by atoms with van der Waals surface area (Å²) in [5.74, 6) is 0. The molecule has 1 aliphatic heterocycles. The number of aryl methyl sites for hydroxylation is 2. The van der Waals surface area contributed by atoms with Crippen LogP contribution >= 0.6 is 0 Å². The Hall–Kier alpha value is -0.910. The lowest BCUT2D eigenvalue weighted by atomic mass is 10.1. The highest BCUT2D eigenvalue weighted by Gasteiger charge is 2.30. The van der Waals surface area contributed by atoms with Crippen LogP contribution in [0.2, 0.25) is 0 Å². The highest BCUT2D eigenvalue weighted by Crippen LogP contribution is 2.27. The molecule has 4 nitrogen and oxygen atoms in total. The van der Waals surface area contributed by atoms with Crippen LogP contribution in [-0.4, -0.2) is 38.9 Å². The first-order valence-corrected chi connectivity index (χ1v) is 8.84. The number of hydrogen-bond donors (Lipinski definition) is 1. The molecule has 20 heavy (non-hydrogen) atoms. The monoisotopic (exact) mass is 294 g/mol. The van der Waals surface area contributed by atoms with Gasteiger partial charge >= 0.3 is 0 Å². The van der Waals surface area contributed by atoms with Crippen molar-refractivity contribution in [1.29, 1.82) is 0 Å². The average molecular weight is 294 g/mol. The Balaban J connectivity index is 1.87. The van der Waals surface area contributed by atoms with E-state index in [4.69, 9.17) is 0 Å². The molecule has 110 valence electrons. The molecule has 1 fully saturated rings. The standard InChI is InChI=1S/C15H22N2O2S/c1-16-14-6-3-9-17(11-14)20(18,19)15-8-7-12-4-2-5-13(12)10-15/h7-8,10,14,16H,2-6,9,11H2,1H3. The van der Waals surface area contributed by atoms with Crippen LogP contribution in [0.4, 0.5) is 0 Å². The van der Waals surface area contributed by atoms with E-state index in [1.165, 1.54) is 11.1 Å². The molecule has 1 saturated heterocycles. The summed E-state index contributed by atoms with van der Waals surface area (Å²) in [6.45, 7) is 1.22. The number of rotatable bonds is 3. The van der Waals surface area contributed by atoms with E-state index in [-0.39, 0.29) is 6.04 Å². The number of piperidine rings is 1. The Labute approximate surface area is 121 Å². The quantitative estimate of drug-likeness (QED) is 0.920. The average Bonchev–Trinajstić information content (AvgIpc) is 2.94. The number of likely N-dealkylation sites (N-methyl/N-ethyl adjacent to an activating group) is 1. The minimum atomic E-state index is -3.33. The smallest absolute Gasteiger partial charge is 0.243 e. The van der Waals surface area contributed by atoms with E-state index < -0.39 is 10.0 Å². The lowest BCUT2D eigenvalue weighted by molar-refractivity contribution is 0.293. The second-order valence-electron chi connectivity index (χ2n) is 5.77. The van der Waals surface area contributed by atoms with Crippen molar-refractivity contribution >= 4 is 10.0 Å². The molecule has 0 saturated carbocycles. The lowest BCUT2D eigenvalue weighted by Crippen LogP contribution is -2.46. The molecule has 0 radical (unpaired) electrons. The summed E-state index contributed by atoms with van der Waals surface area (Å²) in [7, 11) is -1.43. The molecule has 0 aromatic heterocycles. The first-order valence-electron chi connectivity index (χ1n) is 7.40. The van der Waals surface area contributed by atoms with Gasteiger partial charge in [-0.25, -0.2) is 8.42 Å². The highest BCUT2D eigenvalue weighted by molar-refractivity contribution is 7.89. The maximum Gasteiger partial charge on any atom is 0.243 e. The number of benzene rings is 1. The van der Waals surface area contributed by atoms with Crippen LogP contribution < -0.4 is 5.32 Å². The summed E-state index contributed by atoms with van der Waals surface area (Å²) in [6.07, 6.45) is 5.21. The van der Waals surface area contributed by atoms with E-state index in [0.29, 0.717) is 18.0 Å². The first kappa shape index (κ1) is 14.0. The first-order chi connectivity index (χ1) is 9.61. The number of sulfonamides is 1. The van der Waals surface area contributed by atoms with Gasteiger partial charge in [0.15, 0.2) is 0 Å². The zero-order chi connectivity index (χ0) is 14.2. The minimum Gasteiger partial charge on any atom is -0.316 e. The third kappa shape index (κ3) is 2.50. The molecule has 3 rings (SSSR count). The summed E-state index contributed by atoms with van der Waals surface area (Å²) in [6, 6.07) is 5.94. The molecule has 1 atom stereocenters. The summed E-state index contributed by atoms with van der Waals surface area (Å²) >= 11 is 0. The molecule has 2 aliphatic rings. The van der Waals surface area contributed by atoms with Crippen molar-refractivity contribution in [2.45, 2.75) is 43.0 Å². The van der Waals surface area contributed by atoms with Crippen molar-refractivity contribution in [2.24, 2.45) is 0 Å². The van der Waals surface area contributed by atoms with Crippen LogP contribution in [0, 0.1) is 0 Å². The van der Waals surface area contributed by atoms with E-state index >= 15 is 0 Å². The molecule has 1 aromatic carbocycles. The van der Waals surface area contributed by atoms with Crippen LogP contribution in [0.25, 0.3) is 0 Å². The summed E-state index contributed by atoms with van der Waals surface area (Å²) in [5.41, 5.74) is 2.53. The fourth-order valence-corrected chi connectivity index (χ4v) is 4.83. The van der Waals surface area contributed by atoms with Crippen molar-refractivity contribution in [3.63, 3.8) is 0 Å². The lowest BCUT2D eigenvalue weighted by Gasteiger charge is -2.31. The third-order valence-corrected chi connectivity index (χ3v) is 6.36. The number of nitrogens with one attached hydrogen (secondary N) is 1. The Morgan fingerprint density at radius 3 is 2.80 bits per heavy atom. The SMILES string of the molecule is CNC1CCCN(S(=O)(=O)c2ccc3c(c2)CCC3)C1. The zero-order valence-corrected chi connectivity index (χ0v) is 12.7. The summed E-state index contributed by atoms with van der Waals surface area (Å²) < 4.78 is 27.1. The number of fused-ring (bicyclic) bond motifs is 1. The molecule has 0 spiro atoms. The fraction of sp³-hybridized carbons (Fsp3) is 0.600. The Kier molecular flexibility index (Phi) is 3.84. The number of nitrogens with zero attached hydrogens (tertiary/aromatic N) is 1. The van der Waals surface area contributed by atoms with Crippen LogP contribution in [0.15, 0.2) is 23.1 Å². The zero-order valence-electron chi connectivity index (χ0n) is 11.9. The third-order valence-electron chi connectivity index (χ3n) is 4.50. The molecular formula is C15H22N2O2S. The van der Waals surface area contributed by atoms with Gasteiger partial charge in [-0.1, -0.05) is 6.07 Å². The van der Waals surface area contributed by atoms with Gasteiger partial charge in [-0.3, -0.25) is 0 Å². The second kappa shape index (κ2) is 5.47. The molecule has 1 unspecified atom stereocenters. The van der Waals surface area contributed by atoms with Crippen molar-refractivity contribution in [2.75, 3.05) is 20.1 Å². The van der Waals surface area contributed by atoms with E-state index in [1.807, 2.05) is 19.2 Å². The Bertz CT molecular complexity index is 598. The predicted octanol–water partition coefficient (Wildman–Crippen LogP) is 1.55. The van der Waals surface area contributed by atoms with Gasteiger partial charge in [0.05, 0.1) is 4.90 Å². The topological polar surface area (TPSA) is 49.4 Å². The maximum atomic E-state index is 12.7. The largest absolute Gasteiger partial charge is 0.316 e. The summed E-state index contributed by atoms with van der Waals surface area (Å²) in [5, 5.41) is 3.19. The van der Waals surface area contributed by atoms with E-state index in [0.717, 1.165) is 32.1 Å². The van der Waals surface area contributed by atoms with Gasteiger partial charge in [-0.2, -0.15) is 4.31 Å². The number of hydrogen-bond acceptors (Lipinski definition) is 3. The van der Waals surface area contributed by atoms with Gasteiger partial charge in [0.1, 0.15) is 0 Å². The molecule has 0 amide bonds. The van der Waals surface area contributed by atoms with Gasteiger partial charge in [0.2, 0.25) is 10.0 Å². The Morgan fingerprint density at radius 1 is 1.20 bits per heavy atom. The molecular weight excluding hydrogens is 272 g/mol. The van der Waals surface area contributed by atoms with E-state index in [9.17, 15) is 8.42 Å². The van der Waals surface area contributed by atoms with Gasteiger partial charge in [-0.15, -0.1) is 0 Å². The van der Waals surface area contributed by atoms with E-state index in [2.05, 4.69) is 5.32 Å². The van der Waals surface area contributed by atoms with E-state index in [1.54, 1.807) is 10.4 Å². The van der Waals surface area contributed by atoms with Crippen molar-refractivity contribution in [3.8, 4) is 0 Å². The van der Waals surface area contributed by atoms with Crippen LogP contribution in [0.1, 0.15) is 30.4 Å². The van der Waals surface area contributed by atoms with Gasteiger partial charge in [-0.05, 0) is 62.4 Å². The van der Waals surface area contributed by atoms with Crippen LogP contribution in [0.5, 0.6) is 0 Å². The highest BCUT2D eigenvalue weighted by atomic mass is 32.2. The molecule has 5 heteroatoms. The summed E-state index contributed by atoms with van der Waals surface area (Å²) in [4.78, 5) is 0.468. The normalized spacial score (nSPS) is 23.8. The van der Waals surface area contributed by atoms with Gasteiger partial charge in [0.25, 0.3) is 0 Å². The maximum absolute atomic E-state index is 12.7. The molecule has 1 N–H and O–H groups in total. The van der Waals surface area contributed by atoms with Crippen molar-refractivity contribution < 1.29 is 8.42 Å². The van der Waals surface area contributed by atoms with Crippen molar-refractivity contribution in [1.82, 2.24) is 9.62 Å². The predicted molar refractivity (Wildman–Crippen MR) is 79.3 cm³/mol.